The number of nitrogens with zero attached hydrogens (tertiary/aromatic N) is 3. The number of ether oxygens (including phenoxy) is 1. The van der Waals surface area contributed by atoms with Crippen LogP contribution in [0.1, 0.15) is 27.3 Å². The zero-order chi connectivity index (χ0) is 14.8. The van der Waals surface area contributed by atoms with E-state index in [0.29, 0.717) is 36.1 Å². The third-order valence-electron chi connectivity index (χ3n) is 3.19. The van der Waals surface area contributed by atoms with Crippen molar-refractivity contribution >= 4 is 17.2 Å². The molecule has 0 unspecified atom stereocenters. The van der Waals surface area contributed by atoms with E-state index in [0.717, 1.165) is 0 Å². The Morgan fingerprint density at radius 2 is 2.43 bits per heavy atom. The molecule has 1 atom stereocenters. The summed E-state index contributed by atoms with van der Waals surface area (Å²) in [6.07, 6.45) is 1.15. The molecule has 1 N–H and O–H groups in total. The smallest absolute Gasteiger partial charge is 0.265 e. The first-order valence-corrected chi connectivity index (χ1v) is 7.38. The van der Waals surface area contributed by atoms with Gasteiger partial charge in [-0.1, -0.05) is 0 Å². The first kappa shape index (κ1) is 13.9. The van der Waals surface area contributed by atoms with Crippen LogP contribution in [0, 0.1) is 6.92 Å². The summed E-state index contributed by atoms with van der Waals surface area (Å²) in [5, 5.41) is 0. The molecule has 3 heterocycles. The molecule has 7 nitrogen and oxygen atoms in total. The van der Waals surface area contributed by atoms with Gasteiger partial charge in [0, 0.05) is 18.3 Å². The molecule has 110 valence electrons. The molecule has 1 aliphatic heterocycles. The second-order valence-electron chi connectivity index (χ2n) is 4.75. The topological polar surface area (TPSA) is 88.2 Å². The van der Waals surface area contributed by atoms with Crippen molar-refractivity contribution in [1.82, 2.24) is 19.9 Å². The molecule has 8 heteroatoms. The van der Waals surface area contributed by atoms with Crippen LogP contribution in [0.4, 0.5) is 0 Å². The van der Waals surface area contributed by atoms with Gasteiger partial charge in [0.2, 0.25) is 0 Å². The monoisotopic (exact) mass is 306 g/mol. The molecule has 1 saturated heterocycles. The quantitative estimate of drug-likeness (QED) is 0.884. The van der Waals surface area contributed by atoms with Crippen LogP contribution < -0.4 is 5.56 Å². The number of morpholine rings is 1. The van der Waals surface area contributed by atoms with Crippen molar-refractivity contribution in [2.75, 3.05) is 19.7 Å². The molecule has 1 amide bonds. The van der Waals surface area contributed by atoms with E-state index in [9.17, 15) is 9.59 Å². The Morgan fingerprint density at radius 1 is 1.57 bits per heavy atom. The average molecular weight is 306 g/mol. The Kier molecular flexibility index (Phi) is 3.80. The number of aromatic amines is 1. The largest absolute Gasteiger partial charge is 0.367 e. The van der Waals surface area contributed by atoms with Gasteiger partial charge in [0.15, 0.2) is 0 Å². The van der Waals surface area contributed by atoms with Crippen molar-refractivity contribution in [2.24, 2.45) is 0 Å². The summed E-state index contributed by atoms with van der Waals surface area (Å²) in [4.78, 5) is 37.0. The zero-order valence-electron chi connectivity index (χ0n) is 11.4. The minimum absolute atomic E-state index is 0.0687. The molecular formula is C13H14N4O3S. The highest BCUT2D eigenvalue weighted by Gasteiger charge is 2.28. The normalized spacial score (nSPS) is 18.7. The number of nitrogens with one attached hydrogen (secondary N) is 1. The van der Waals surface area contributed by atoms with Gasteiger partial charge in [-0.3, -0.25) is 14.6 Å². The van der Waals surface area contributed by atoms with Crippen LogP contribution in [-0.4, -0.2) is 45.5 Å². The standard InChI is InChI=1S/C13H14N4O3S/c1-8-4-11(18)16-12(15-8)9-6-17(2-3-20-9)13(19)10-5-14-7-21-10/h4-5,7,9H,2-3,6H2,1H3,(H,15,16,18)/t9-/m0/s1. The summed E-state index contributed by atoms with van der Waals surface area (Å²) in [5.74, 6) is 0.391. The summed E-state index contributed by atoms with van der Waals surface area (Å²) >= 11 is 1.31. The molecule has 1 aliphatic rings. The molecule has 0 aliphatic carbocycles. The summed E-state index contributed by atoms with van der Waals surface area (Å²) in [5.41, 5.74) is 2.04. The molecular weight excluding hydrogens is 292 g/mol. The third-order valence-corrected chi connectivity index (χ3v) is 3.95. The fourth-order valence-electron chi connectivity index (χ4n) is 2.23. The lowest BCUT2D eigenvalue weighted by atomic mass is 10.2. The maximum atomic E-state index is 12.3. The van der Waals surface area contributed by atoms with Crippen LogP contribution in [-0.2, 0) is 4.74 Å². The van der Waals surface area contributed by atoms with Crippen molar-refractivity contribution in [3.05, 3.63) is 44.5 Å². The lowest BCUT2D eigenvalue weighted by Crippen LogP contribution is -2.42. The number of aryl methyl sites for hydroxylation is 1. The highest BCUT2D eigenvalue weighted by molar-refractivity contribution is 7.11. The molecule has 0 radical (unpaired) electrons. The fourth-order valence-corrected chi connectivity index (χ4v) is 2.82. The van der Waals surface area contributed by atoms with Gasteiger partial charge in [0.05, 0.1) is 24.9 Å². The van der Waals surface area contributed by atoms with Gasteiger partial charge >= 0.3 is 0 Å². The van der Waals surface area contributed by atoms with Gasteiger partial charge in [-0.15, -0.1) is 11.3 Å². The summed E-state index contributed by atoms with van der Waals surface area (Å²) < 4.78 is 5.63. The van der Waals surface area contributed by atoms with Crippen LogP contribution in [0.3, 0.4) is 0 Å². The van der Waals surface area contributed by atoms with Crippen LogP contribution >= 0.6 is 11.3 Å². The number of hydrogen-bond acceptors (Lipinski definition) is 6. The molecule has 1 fully saturated rings. The lowest BCUT2D eigenvalue weighted by molar-refractivity contribution is -0.0268. The molecule has 2 aromatic heterocycles. The first-order valence-electron chi connectivity index (χ1n) is 6.51. The summed E-state index contributed by atoms with van der Waals surface area (Å²) in [6, 6.07) is 1.42. The van der Waals surface area contributed by atoms with Crippen molar-refractivity contribution < 1.29 is 9.53 Å². The number of thiazole rings is 1. The predicted octanol–water partition coefficient (Wildman–Crippen LogP) is 0.749. The Morgan fingerprint density at radius 3 is 3.14 bits per heavy atom. The van der Waals surface area contributed by atoms with Crippen molar-refractivity contribution in [1.29, 1.82) is 0 Å². The Bertz CT molecular complexity index is 698. The van der Waals surface area contributed by atoms with E-state index < -0.39 is 6.10 Å². The number of amides is 1. The van der Waals surface area contributed by atoms with Crippen LogP contribution in [0.15, 0.2) is 22.6 Å². The summed E-state index contributed by atoms with van der Waals surface area (Å²) in [7, 11) is 0. The van der Waals surface area contributed by atoms with Crippen LogP contribution in [0.5, 0.6) is 0 Å². The number of hydrogen-bond donors (Lipinski definition) is 1. The van der Waals surface area contributed by atoms with Crippen molar-refractivity contribution in [2.45, 2.75) is 13.0 Å². The first-order chi connectivity index (χ1) is 10.1. The van der Waals surface area contributed by atoms with E-state index in [2.05, 4.69) is 15.0 Å². The van der Waals surface area contributed by atoms with Crippen LogP contribution in [0.25, 0.3) is 0 Å². The second kappa shape index (κ2) is 5.74. The molecule has 21 heavy (non-hydrogen) atoms. The summed E-state index contributed by atoms with van der Waals surface area (Å²) in [6.45, 7) is 3.04. The number of rotatable bonds is 2. The second-order valence-corrected chi connectivity index (χ2v) is 5.63. The highest BCUT2D eigenvalue weighted by atomic mass is 32.1. The van der Waals surface area contributed by atoms with E-state index >= 15 is 0 Å². The molecule has 3 rings (SSSR count). The van der Waals surface area contributed by atoms with E-state index in [-0.39, 0.29) is 11.5 Å². The maximum Gasteiger partial charge on any atom is 0.265 e. The predicted molar refractivity (Wildman–Crippen MR) is 76.3 cm³/mol. The van der Waals surface area contributed by atoms with Gasteiger partial charge in [-0.25, -0.2) is 4.98 Å². The molecule has 2 aromatic rings. The van der Waals surface area contributed by atoms with Gasteiger partial charge in [0.25, 0.3) is 11.5 Å². The molecule has 0 aromatic carbocycles. The molecule has 0 spiro atoms. The van der Waals surface area contributed by atoms with Crippen molar-refractivity contribution in [3.8, 4) is 0 Å². The Hall–Kier alpha value is -2.06. The Labute approximate surface area is 124 Å². The maximum absolute atomic E-state index is 12.3. The minimum Gasteiger partial charge on any atom is -0.367 e. The van der Waals surface area contributed by atoms with E-state index in [1.807, 2.05) is 0 Å². The van der Waals surface area contributed by atoms with E-state index in [4.69, 9.17) is 4.74 Å². The SMILES string of the molecule is Cc1cc(=O)[nH]c([C@@H]2CN(C(=O)c3cncs3)CCO2)n1. The number of carbonyl (C=O) groups is 1. The van der Waals surface area contributed by atoms with Crippen molar-refractivity contribution in [3.63, 3.8) is 0 Å². The van der Waals surface area contributed by atoms with Gasteiger partial charge in [-0.05, 0) is 6.92 Å². The zero-order valence-corrected chi connectivity index (χ0v) is 12.2. The lowest BCUT2D eigenvalue weighted by Gasteiger charge is -2.32. The molecule has 0 saturated carbocycles. The molecule has 0 bridgehead atoms. The highest BCUT2D eigenvalue weighted by Crippen LogP contribution is 2.21. The Balaban J connectivity index is 1.79. The number of aromatic nitrogens is 3. The number of H-pyrrole nitrogens is 1. The van der Waals surface area contributed by atoms with Gasteiger partial charge in [0.1, 0.15) is 16.8 Å². The fraction of sp³-hybridized carbons (Fsp3) is 0.385. The average Bonchev–Trinajstić information content (AvgIpc) is 3.00. The van der Waals surface area contributed by atoms with E-state index in [1.165, 1.54) is 17.4 Å². The van der Waals surface area contributed by atoms with Crippen LogP contribution in [0.2, 0.25) is 0 Å². The number of carbonyl (C=O) groups excluding carboxylic acids is 1. The minimum atomic E-state index is -0.414. The van der Waals surface area contributed by atoms with Gasteiger partial charge in [-0.2, -0.15) is 0 Å². The third kappa shape index (κ3) is 3.01. The van der Waals surface area contributed by atoms with E-state index in [1.54, 1.807) is 23.5 Å². The van der Waals surface area contributed by atoms with Gasteiger partial charge < -0.3 is 14.6 Å².